The van der Waals surface area contributed by atoms with Crippen LogP contribution in [-0.4, -0.2) is 40.3 Å². The molecule has 10 heavy (non-hydrogen) atoms. The predicted molar refractivity (Wildman–Crippen MR) is 35.3 cm³/mol. The zero-order valence-corrected chi connectivity index (χ0v) is 5.70. The molecule has 1 heterocycles. The molecular formula is C6H13NO3. The van der Waals surface area contributed by atoms with Crippen LogP contribution in [0.2, 0.25) is 0 Å². The Balaban J connectivity index is 2.46. The first-order valence-electron chi connectivity index (χ1n) is 3.49. The molecule has 0 aliphatic carbocycles. The number of hydrogen-bond donors (Lipinski definition) is 4. The minimum Gasteiger partial charge on any atom is -0.390 e. The Morgan fingerprint density at radius 3 is 2.60 bits per heavy atom. The molecule has 4 nitrogen and oxygen atoms in total. The second-order valence-electron chi connectivity index (χ2n) is 2.60. The van der Waals surface area contributed by atoms with Gasteiger partial charge in [0.2, 0.25) is 0 Å². The molecule has 1 saturated heterocycles. The maximum absolute atomic E-state index is 9.08. The molecule has 1 aliphatic heterocycles. The lowest BCUT2D eigenvalue weighted by atomic mass is 10.1. The number of nitrogens with one attached hydrogen (secondary N) is 1. The van der Waals surface area contributed by atoms with Crippen molar-refractivity contribution in [1.82, 2.24) is 5.32 Å². The summed E-state index contributed by atoms with van der Waals surface area (Å²) >= 11 is 0. The third-order valence-corrected chi connectivity index (χ3v) is 1.75. The van der Waals surface area contributed by atoms with Crippen molar-refractivity contribution in [2.24, 2.45) is 0 Å². The third-order valence-electron chi connectivity index (χ3n) is 1.75. The average molecular weight is 147 g/mol. The topological polar surface area (TPSA) is 72.7 Å². The summed E-state index contributed by atoms with van der Waals surface area (Å²) in [5.41, 5.74) is 0. The summed E-state index contributed by atoms with van der Waals surface area (Å²) in [4.78, 5) is 0. The summed E-state index contributed by atoms with van der Waals surface area (Å²) in [6, 6.07) is 0. The van der Waals surface area contributed by atoms with Gasteiger partial charge < -0.3 is 15.3 Å². The zero-order chi connectivity index (χ0) is 7.56. The fourth-order valence-corrected chi connectivity index (χ4v) is 1.06. The number of aliphatic hydroxyl groups excluding tert-OH is 3. The molecule has 1 rings (SSSR count). The molecule has 0 aromatic heterocycles. The van der Waals surface area contributed by atoms with Crippen LogP contribution in [0.25, 0.3) is 0 Å². The minimum absolute atomic E-state index is 0.547. The minimum atomic E-state index is -1.04. The van der Waals surface area contributed by atoms with Crippen LogP contribution in [0.5, 0.6) is 0 Å². The smallest absolute Gasteiger partial charge is 0.133 e. The van der Waals surface area contributed by atoms with E-state index < -0.39 is 18.4 Å². The molecule has 3 unspecified atom stereocenters. The summed E-state index contributed by atoms with van der Waals surface area (Å²) in [5, 5.41) is 29.8. The van der Waals surface area contributed by atoms with E-state index in [2.05, 4.69) is 5.32 Å². The van der Waals surface area contributed by atoms with Crippen LogP contribution in [0.1, 0.15) is 12.8 Å². The van der Waals surface area contributed by atoms with Gasteiger partial charge in [0.15, 0.2) is 0 Å². The van der Waals surface area contributed by atoms with E-state index in [1.807, 2.05) is 0 Å². The second-order valence-corrected chi connectivity index (χ2v) is 2.60. The number of aliphatic hydroxyl groups is 3. The normalized spacial score (nSPS) is 42.9. The molecular weight excluding hydrogens is 134 g/mol. The number of rotatable bonds is 0. The van der Waals surface area contributed by atoms with E-state index in [-0.39, 0.29) is 0 Å². The van der Waals surface area contributed by atoms with Crippen molar-refractivity contribution in [3.05, 3.63) is 0 Å². The summed E-state index contributed by atoms with van der Waals surface area (Å²) in [7, 11) is 0. The fraction of sp³-hybridized carbons (Fsp3) is 1.00. The van der Waals surface area contributed by atoms with E-state index in [0.717, 1.165) is 6.42 Å². The summed E-state index contributed by atoms with van der Waals surface area (Å²) in [5.74, 6) is 0. The molecule has 4 heteroatoms. The van der Waals surface area contributed by atoms with E-state index in [1.54, 1.807) is 0 Å². The van der Waals surface area contributed by atoms with Crippen molar-refractivity contribution in [1.29, 1.82) is 0 Å². The van der Waals surface area contributed by atoms with Gasteiger partial charge in [0.05, 0.1) is 6.10 Å². The van der Waals surface area contributed by atoms with Crippen molar-refractivity contribution in [3.63, 3.8) is 0 Å². The average Bonchev–Trinajstić information content (AvgIpc) is 2.04. The monoisotopic (exact) mass is 147 g/mol. The van der Waals surface area contributed by atoms with Gasteiger partial charge in [-0.3, -0.25) is 5.32 Å². The Morgan fingerprint density at radius 1 is 1.20 bits per heavy atom. The van der Waals surface area contributed by atoms with E-state index in [9.17, 15) is 0 Å². The molecule has 0 aromatic rings. The quantitative estimate of drug-likeness (QED) is 0.333. The molecule has 0 amide bonds. The van der Waals surface area contributed by atoms with E-state index in [4.69, 9.17) is 15.3 Å². The largest absolute Gasteiger partial charge is 0.390 e. The summed E-state index contributed by atoms with van der Waals surface area (Å²) < 4.78 is 0. The molecule has 60 valence electrons. The lowest BCUT2D eigenvalue weighted by molar-refractivity contribution is -0.0639. The van der Waals surface area contributed by atoms with Crippen molar-refractivity contribution in [2.45, 2.75) is 31.3 Å². The van der Waals surface area contributed by atoms with Crippen LogP contribution in [-0.2, 0) is 0 Å². The molecule has 4 N–H and O–H groups in total. The summed E-state index contributed by atoms with van der Waals surface area (Å²) in [6.07, 6.45) is -1.47. The molecule has 0 spiro atoms. The highest BCUT2D eigenvalue weighted by Gasteiger charge is 2.26. The van der Waals surface area contributed by atoms with Crippen molar-refractivity contribution < 1.29 is 15.3 Å². The van der Waals surface area contributed by atoms with Crippen LogP contribution < -0.4 is 5.32 Å². The molecule has 0 radical (unpaired) electrons. The lowest BCUT2D eigenvalue weighted by Crippen LogP contribution is -2.43. The highest BCUT2D eigenvalue weighted by Crippen LogP contribution is 2.08. The van der Waals surface area contributed by atoms with Gasteiger partial charge in [0.25, 0.3) is 0 Å². The van der Waals surface area contributed by atoms with E-state index in [1.165, 1.54) is 0 Å². The first-order valence-corrected chi connectivity index (χ1v) is 3.49. The van der Waals surface area contributed by atoms with Crippen molar-refractivity contribution in [2.75, 3.05) is 6.54 Å². The van der Waals surface area contributed by atoms with Gasteiger partial charge in [-0.2, -0.15) is 0 Å². The molecule has 1 aliphatic rings. The Morgan fingerprint density at radius 2 is 1.90 bits per heavy atom. The summed E-state index contributed by atoms with van der Waals surface area (Å²) in [6.45, 7) is 0.648. The Bertz CT molecular complexity index is 97.2. The van der Waals surface area contributed by atoms with E-state index in [0.29, 0.717) is 13.0 Å². The first-order chi connectivity index (χ1) is 4.72. The van der Waals surface area contributed by atoms with Gasteiger partial charge in [0.1, 0.15) is 12.3 Å². The fourth-order valence-electron chi connectivity index (χ4n) is 1.06. The highest BCUT2D eigenvalue weighted by atomic mass is 16.4. The standard InChI is InChI=1S/C6H13NO3/c8-4-2-1-3-7-6(10)5(4)9/h4-10H,1-3H2. The Labute approximate surface area is 59.5 Å². The molecule has 0 bridgehead atoms. The molecule has 1 fully saturated rings. The van der Waals surface area contributed by atoms with Gasteiger partial charge in [-0.1, -0.05) is 0 Å². The second kappa shape index (κ2) is 3.30. The van der Waals surface area contributed by atoms with E-state index >= 15 is 0 Å². The third kappa shape index (κ3) is 1.67. The SMILES string of the molecule is OC1CCCNC(O)C1O. The van der Waals surface area contributed by atoms with Gasteiger partial charge in [-0.15, -0.1) is 0 Å². The highest BCUT2D eigenvalue weighted by molar-refractivity contribution is 4.77. The van der Waals surface area contributed by atoms with Crippen molar-refractivity contribution in [3.8, 4) is 0 Å². The van der Waals surface area contributed by atoms with Crippen LogP contribution >= 0.6 is 0 Å². The lowest BCUT2D eigenvalue weighted by Gasteiger charge is -2.18. The van der Waals surface area contributed by atoms with Gasteiger partial charge >= 0.3 is 0 Å². The number of hydrogen-bond acceptors (Lipinski definition) is 4. The maximum atomic E-state index is 9.08. The Kier molecular flexibility index (Phi) is 2.62. The van der Waals surface area contributed by atoms with Crippen LogP contribution in [0, 0.1) is 0 Å². The Hall–Kier alpha value is -0.160. The molecule has 3 atom stereocenters. The van der Waals surface area contributed by atoms with Gasteiger partial charge in [-0.25, -0.2) is 0 Å². The maximum Gasteiger partial charge on any atom is 0.133 e. The molecule has 0 saturated carbocycles. The molecule has 0 aromatic carbocycles. The van der Waals surface area contributed by atoms with Gasteiger partial charge in [-0.05, 0) is 19.4 Å². The van der Waals surface area contributed by atoms with Crippen molar-refractivity contribution >= 4 is 0 Å². The van der Waals surface area contributed by atoms with Crippen LogP contribution in [0.15, 0.2) is 0 Å². The zero-order valence-electron chi connectivity index (χ0n) is 5.70. The van der Waals surface area contributed by atoms with Crippen LogP contribution in [0.4, 0.5) is 0 Å². The predicted octanol–water partition coefficient (Wildman–Crippen LogP) is -1.59. The van der Waals surface area contributed by atoms with Gasteiger partial charge in [0, 0.05) is 0 Å². The van der Waals surface area contributed by atoms with Crippen LogP contribution in [0.3, 0.4) is 0 Å². The first kappa shape index (κ1) is 7.94.